The maximum atomic E-state index is 13.7. The van der Waals surface area contributed by atoms with Crippen LogP contribution in [0.25, 0.3) is 0 Å². The first-order chi connectivity index (χ1) is 24.7. The first-order valence-corrected chi connectivity index (χ1v) is 17.6. The van der Waals surface area contributed by atoms with Crippen molar-refractivity contribution >= 4 is 18.2 Å². The number of carbonyl (C=O) groups excluding carboxylic acids is 3. The second-order valence-electron chi connectivity index (χ2n) is 12.9. The predicted octanol–water partition coefficient (Wildman–Crippen LogP) is 1.12. The summed E-state index contributed by atoms with van der Waals surface area (Å²) in [6.07, 6.45) is 2.36. The summed E-state index contributed by atoms with van der Waals surface area (Å²) in [5, 5.41) is 15.4. The van der Waals surface area contributed by atoms with Crippen molar-refractivity contribution < 1.29 is 47.2 Å². The lowest BCUT2D eigenvalue weighted by Gasteiger charge is -2.33. The van der Waals surface area contributed by atoms with Crippen LogP contribution in [0.2, 0.25) is 0 Å². The second kappa shape index (κ2) is 23.9. The van der Waals surface area contributed by atoms with Gasteiger partial charge in [-0.05, 0) is 23.1 Å². The molecule has 2 atom stereocenters. The Balaban J connectivity index is 1.36. The van der Waals surface area contributed by atoms with Crippen molar-refractivity contribution in [1.29, 1.82) is 5.26 Å². The summed E-state index contributed by atoms with van der Waals surface area (Å²) in [7, 11) is 0. The van der Waals surface area contributed by atoms with Gasteiger partial charge in [0, 0.05) is 51.7 Å². The number of hydrogen-bond donors (Lipinski definition) is 2. The lowest BCUT2D eigenvalue weighted by molar-refractivity contribution is -0.127. The average Bonchev–Trinajstić information content (AvgIpc) is 3.57. The number of nitrogens with one attached hydrogen (secondary N) is 2. The standard InChI is InChI=1S/C36H54FN5O9/c1-36(2,27-41-9-13-48-14-10-41)23-30(24-38)35(45)42-25-32(29-3-5-31(37)6-4-29)33(26-42)34(44)40-8-12-47-16-18-50-20-22-51-21-19-49-17-15-46-11-7-39-28-43/h3-6,23,28,32-33H,7-22,25-27H2,1-2H3,(H,39,43)(H,40,44)/b30-23+/t32-,33+/m0/s1. The molecule has 0 aromatic heterocycles. The van der Waals surface area contributed by atoms with Gasteiger partial charge in [0.25, 0.3) is 5.91 Å². The van der Waals surface area contributed by atoms with E-state index >= 15 is 0 Å². The minimum Gasteiger partial charge on any atom is -0.379 e. The summed E-state index contributed by atoms with van der Waals surface area (Å²) >= 11 is 0. The topological polar surface area (TPSA) is 161 Å². The van der Waals surface area contributed by atoms with Crippen LogP contribution in [0.5, 0.6) is 0 Å². The summed E-state index contributed by atoms with van der Waals surface area (Å²) in [4.78, 5) is 41.0. The van der Waals surface area contributed by atoms with Crippen molar-refractivity contribution in [2.75, 3.05) is 125 Å². The molecule has 0 aliphatic carbocycles. The number of amides is 3. The number of benzene rings is 1. The van der Waals surface area contributed by atoms with Gasteiger partial charge in [-0.1, -0.05) is 32.1 Å². The molecule has 0 bridgehead atoms. The van der Waals surface area contributed by atoms with Crippen molar-refractivity contribution in [1.82, 2.24) is 20.4 Å². The van der Waals surface area contributed by atoms with E-state index in [-0.39, 0.29) is 49.5 Å². The molecule has 0 saturated carbocycles. The minimum absolute atomic E-state index is 0.0442. The molecule has 0 unspecified atom stereocenters. The fourth-order valence-corrected chi connectivity index (χ4v) is 5.92. The first-order valence-electron chi connectivity index (χ1n) is 17.6. The van der Waals surface area contributed by atoms with Gasteiger partial charge < -0.3 is 44.0 Å². The van der Waals surface area contributed by atoms with Crippen molar-refractivity contribution in [3.63, 3.8) is 0 Å². The number of nitrogens with zero attached hydrogens (tertiary/aromatic N) is 3. The van der Waals surface area contributed by atoms with Crippen LogP contribution in [0.3, 0.4) is 0 Å². The van der Waals surface area contributed by atoms with E-state index in [1.807, 2.05) is 13.8 Å². The van der Waals surface area contributed by atoms with E-state index < -0.39 is 17.2 Å². The molecule has 0 radical (unpaired) electrons. The molecular weight excluding hydrogens is 665 g/mol. The zero-order valence-corrected chi connectivity index (χ0v) is 29.9. The fraction of sp³-hybridized carbons (Fsp3) is 0.667. The van der Waals surface area contributed by atoms with Crippen LogP contribution in [0, 0.1) is 28.5 Å². The molecule has 1 aromatic rings. The van der Waals surface area contributed by atoms with Crippen LogP contribution >= 0.6 is 0 Å². The Bertz CT molecular complexity index is 1250. The molecule has 1 aromatic carbocycles. The SMILES string of the molecule is CC(C)(/C=C(\C#N)C(=O)N1C[C@@H](C(=O)NCCOCCOCCOCCOCCOCCNC=O)[C@H](c2ccc(F)cc2)C1)CN1CCOCC1. The van der Waals surface area contributed by atoms with Gasteiger partial charge in [-0.3, -0.25) is 19.3 Å². The van der Waals surface area contributed by atoms with Crippen molar-refractivity contribution in [3.05, 3.63) is 47.3 Å². The quantitative estimate of drug-likeness (QED) is 0.0645. The molecule has 2 aliphatic heterocycles. The molecule has 2 saturated heterocycles. The van der Waals surface area contributed by atoms with Gasteiger partial charge in [0.05, 0.1) is 85.2 Å². The molecule has 3 rings (SSSR count). The highest BCUT2D eigenvalue weighted by Crippen LogP contribution is 2.34. The summed E-state index contributed by atoms with van der Waals surface area (Å²) in [5.41, 5.74) is 0.356. The Hall–Kier alpha value is -3.49. The van der Waals surface area contributed by atoms with Gasteiger partial charge in [-0.25, -0.2) is 4.39 Å². The van der Waals surface area contributed by atoms with E-state index in [2.05, 4.69) is 21.6 Å². The monoisotopic (exact) mass is 719 g/mol. The second-order valence-corrected chi connectivity index (χ2v) is 12.9. The van der Waals surface area contributed by atoms with Crippen LogP contribution in [0.1, 0.15) is 25.3 Å². The van der Waals surface area contributed by atoms with Crippen LogP contribution in [0.4, 0.5) is 4.39 Å². The number of hydrogen-bond acceptors (Lipinski definition) is 11. The molecule has 14 nitrogen and oxygen atoms in total. The van der Waals surface area contributed by atoms with Gasteiger partial charge >= 0.3 is 0 Å². The van der Waals surface area contributed by atoms with E-state index in [4.69, 9.17) is 28.4 Å². The number of ether oxygens (including phenoxy) is 6. The molecule has 284 valence electrons. The minimum atomic E-state index is -0.584. The number of halogens is 1. The zero-order chi connectivity index (χ0) is 36.7. The summed E-state index contributed by atoms with van der Waals surface area (Å²) in [6.45, 7) is 12.7. The smallest absolute Gasteiger partial charge is 0.264 e. The average molecular weight is 720 g/mol. The van der Waals surface area contributed by atoms with E-state index in [9.17, 15) is 24.0 Å². The third kappa shape index (κ3) is 16.2. The Morgan fingerprint density at radius 2 is 1.45 bits per heavy atom. The molecule has 0 spiro atoms. The zero-order valence-electron chi connectivity index (χ0n) is 29.9. The Labute approximate surface area is 300 Å². The van der Waals surface area contributed by atoms with Gasteiger partial charge in [0.15, 0.2) is 0 Å². The van der Waals surface area contributed by atoms with Crippen LogP contribution in [-0.2, 0) is 42.8 Å². The number of likely N-dealkylation sites (tertiary alicyclic amines) is 1. The molecule has 2 heterocycles. The molecule has 2 fully saturated rings. The Morgan fingerprint density at radius 1 is 0.902 bits per heavy atom. The van der Waals surface area contributed by atoms with Crippen LogP contribution in [0.15, 0.2) is 35.9 Å². The van der Waals surface area contributed by atoms with E-state index in [1.54, 1.807) is 23.1 Å². The van der Waals surface area contributed by atoms with E-state index in [1.165, 1.54) is 12.1 Å². The first kappa shape index (κ1) is 41.9. The molecular formula is C36H54FN5O9. The summed E-state index contributed by atoms with van der Waals surface area (Å²) < 4.78 is 46.4. The normalized spacial score (nSPS) is 18.4. The maximum absolute atomic E-state index is 13.7. The van der Waals surface area contributed by atoms with Crippen LogP contribution < -0.4 is 10.6 Å². The third-order valence-electron chi connectivity index (χ3n) is 8.37. The number of rotatable bonds is 25. The van der Waals surface area contributed by atoms with Gasteiger partial charge in [-0.15, -0.1) is 0 Å². The maximum Gasteiger partial charge on any atom is 0.264 e. The van der Waals surface area contributed by atoms with E-state index in [0.29, 0.717) is 92.2 Å². The van der Waals surface area contributed by atoms with Crippen molar-refractivity contribution in [3.8, 4) is 6.07 Å². The lowest BCUT2D eigenvalue weighted by Crippen LogP contribution is -2.41. The number of morpholine rings is 1. The summed E-state index contributed by atoms with van der Waals surface area (Å²) in [5.74, 6) is -1.99. The van der Waals surface area contributed by atoms with Crippen LogP contribution in [-0.4, -0.2) is 153 Å². The number of carbonyl (C=O) groups is 3. The van der Waals surface area contributed by atoms with E-state index in [0.717, 1.165) is 18.7 Å². The highest BCUT2D eigenvalue weighted by atomic mass is 19.1. The Kier molecular flexibility index (Phi) is 19.6. The van der Waals surface area contributed by atoms with Gasteiger partial charge in [0.2, 0.25) is 12.3 Å². The highest BCUT2D eigenvalue weighted by molar-refractivity contribution is 5.98. The molecule has 51 heavy (non-hydrogen) atoms. The van der Waals surface area contributed by atoms with Gasteiger partial charge in [-0.2, -0.15) is 5.26 Å². The molecule has 2 N–H and O–H groups in total. The van der Waals surface area contributed by atoms with Gasteiger partial charge in [0.1, 0.15) is 17.5 Å². The largest absolute Gasteiger partial charge is 0.379 e. The molecule has 15 heteroatoms. The third-order valence-corrected chi connectivity index (χ3v) is 8.37. The Morgan fingerprint density at radius 3 is 2.00 bits per heavy atom. The summed E-state index contributed by atoms with van der Waals surface area (Å²) in [6, 6.07) is 8.06. The molecule has 2 aliphatic rings. The van der Waals surface area contributed by atoms with Crippen molar-refractivity contribution in [2.45, 2.75) is 19.8 Å². The highest BCUT2D eigenvalue weighted by Gasteiger charge is 2.41. The number of nitriles is 1. The fourth-order valence-electron chi connectivity index (χ4n) is 5.92. The molecule has 3 amide bonds. The lowest BCUT2D eigenvalue weighted by atomic mass is 9.88. The predicted molar refractivity (Wildman–Crippen MR) is 185 cm³/mol. The van der Waals surface area contributed by atoms with Crippen molar-refractivity contribution in [2.24, 2.45) is 11.3 Å².